The van der Waals surface area contributed by atoms with E-state index in [9.17, 15) is 9.59 Å². The number of carbonyl (C=O) groups excluding carboxylic acids is 1. The molecule has 19 heavy (non-hydrogen) atoms. The molecule has 0 aromatic carbocycles. The molecule has 1 heterocycles. The molecule has 2 amide bonds. The number of rotatable bonds is 6. The molecular formula is C12H20N4O3. The van der Waals surface area contributed by atoms with Crippen LogP contribution in [0.15, 0.2) is 12.3 Å². The van der Waals surface area contributed by atoms with Crippen molar-refractivity contribution in [3.63, 3.8) is 0 Å². The Morgan fingerprint density at radius 2 is 2.21 bits per heavy atom. The van der Waals surface area contributed by atoms with Crippen molar-refractivity contribution >= 4 is 17.8 Å². The molecule has 1 aromatic rings. The maximum absolute atomic E-state index is 12.1. The summed E-state index contributed by atoms with van der Waals surface area (Å²) >= 11 is 0. The number of anilines is 1. The molecule has 0 aliphatic heterocycles. The highest BCUT2D eigenvalue weighted by molar-refractivity contribution is 5.88. The minimum Gasteiger partial charge on any atom is -0.481 e. The third-order valence-corrected chi connectivity index (χ3v) is 2.62. The minimum atomic E-state index is -0.853. The van der Waals surface area contributed by atoms with Gasteiger partial charge in [-0.2, -0.15) is 5.10 Å². The van der Waals surface area contributed by atoms with Gasteiger partial charge in [-0.15, -0.1) is 0 Å². The maximum atomic E-state index is 12.1. The second kappa shape index (κ2) is 6.77. The molecule has 1 aromatic heterocycles. The predicted octanol–water partition coefficient (Wildman–Crippen LogP) is 1.53. The smallest absolute Gasteiger partial charge is 0.323 e. The van der Waals surface area contributed by atoms with Crippen molar-refractivity contribution in [2.45, 2.75) is 32.7 Å². The van der Waals surface area contributed by atoms with Crippen LogP contribution in [0.4, 0.5) is 10.6 Å². The van der Waals surface area contributed by atoms with Crippen LogP contribution in [0.25, 0.3) is 0 Å². The molecule has 0 radical (unpaired) electrons. The van der Waals surface area contributed by atoms with Crippen LogP contribution in [-0.4, -0.2) is 44.4 Å². The standard InChI is InChI=1S/C12H20N4O3/c1-9(2)16(7-4-5-11(17)18)12(19)13-10-6-8-15(3)14-10/h6,8-9H,4-5,7H2,1-3H3,(H,17,18)(H,13,14,19). The van der Waals surface area contributed by atoms with E-state index < -0.39 is 5.97 Å². The van der Waals surface area contributed by atoms with Gasteiger partial charge >= 0.3 is 12.0 Å². The SMILES string of the molecule is CC(C)N(CCCC(=O)O)C(=O)Nc1ccn(C)n1. The van der Waals surface area contributed by atoms with Crippen molar-refractivity contribution in [2.75, 3.05) is 11.9 Å². The Morgan fingerprint density at radius 3 is 2.68 bits per heavy atom. The topological polar surface area (TPSA) is 87.5 Å². The molecule has 7 nitrogen and oxygen atoms in total. The van der Waals surface area contributed by atoms with Gasteiger partial charge in [0.2, 0.25) is 0 Å². The quantitative estimate of drug-likeness (QED) is 0.819. The van der Waals surface area contributed by atoms with Gasteiger partial charge in [0.15, 0.2) is 5.82 Å². The fraction of sp³-hybridized carbons (Fsp3) is 0.583. The Hall–Kier alpha value is -2.05. The first kappa shape index (κ1) is 15.0. The van der Waals surface area contributed by atoms with Crippen LogP contribution in [0, 0.1) is 0 Å². The van der Waals surface area contributed by atoms with Crippen molar-refractivity contribution in [1.82, 2.24) is 14.7 Å². The van der Waals surface area contributed by atoms with E-state index in [1.54, 1.807) is 28.9 Å². The number of aliphatic carboxylic acids is 1. The summed E-state index contributed by atoms with van der Waals surface area (Å²) < 4.78 is 1.60. The fourth-order valence-electron chi connectivity index (χ4n) is 1.66. The van der Waals surface area contributed by atoms with Gasteiger partial charge in [0, 0.05) is 38.3 Å². The number of nitrogens with zero attached hydrogens (tertiary/aromatic N) is 3. The van der Waals surface area contributed by atoms with E-state index in [0.29, 0.717) is 18.8 Å². The Morgan fingerprint density at radius 1 is 1.53 bits per heavy atom. The molecule has 106 valence electrons. The minimum absolute atomic E-state index is 0.00231. The Kier molecular flexibility index (Phi) is 5.35. The van der Waals surface area contributed by atoms with Crippen LogP contribution in [-0.2, 0) is 11.8 Å². The molecule has 0 unspecified atom stereocenters. The lowest BCUT2D eigenvalue weighted by atomic mass is 10.2. The maximum Gasteiger partial charge on any atom is 0.323 e. The molecular weight excluding hydrogens is 248 g/mol. The van der Waals surface area contributed by atoms with Crippen LogP contribution in [0.3, 0.4) is 0 Å². The summed E-state index contributed by atoms with van der Waals surface area (Å²) in [5, 5.41) is 15.4. The number of aryl methyl sites for hydroxylation is 1. The molecule has 0 bridgehead atoms. The highest BCUT2D eigenvalue weighted by atomic mass is 16.4. The zero-order valence-corrected chi connectivity index (χ0v) is 11.5. The number of hydrogen-bond acceptors (Lipinski definition) is 3. The lowest BCUT2D eigenvalue weighted by Crippen LogP contribution is -2.40. The highest BCUT2D eigenvalue weighted by Crippen LogP contribution is 2.07. The van der Waals surface area contributed by atoms with Gasteiger partial charge < -0.3 is 10.0 Å². The lowest BCUT2D eigenvalue weighted by molar-refractivity contribution is -0.137. The Balaban J connectivity index is 2.55. The second-order valence-corrected chi connectivity index (χ2v) is 4.59. The molecule has 0 aliphatic rings. The third-order valence-electron chi connectivity index (χ3n) is 2.62. The third kappa shape index (κ3) is 4.99. The number of nitrogens with one attached hydrogen (secondary N) is 1. The number of amides is 2. The molecule has 7 heteroatoms. The summed E-state index contributed by atoms with van der Waals surface area (Å²) in [7, 11) is 1.77. The first-order valence-electron chi connectivity index (χ1n) is 6.19. The van der Waals surface area contributed by atoms with Gasteiger partial charge in [-0.3, -0.25) is 14.8 Å². The largest absolute Gasteiger partial charge is 0.481 e. The molecule has 2 N–H and O–H groups in total. The molecule has 0 spiro atoms. The van der Waals surface area contributed by atoms with E-state index in [1.165, 1.54) is 0 Å². The number of urea groups is 1. The van der Waals surface area contributed by atoms with Gasteiger partial charge in [0.25, 0.3) is 0 Å². The first-order chi connectivity index (χ1) is 8.90. The van der Waals surface area contributed by atoms with E-state index >= 15 is 0 Å². The van der Waals surface area contributed by atoms with Crippen molar-refractivity contribution in [3.05, 3.63) is 12.3 Å². The van der Waals surface area contributed by atoms with Crippen molar-refractivity contribution in [1.29, 1.82) is 0 Å². The van der Waals surface area contributed by atoms with E-state index in [1.807, 2.05) is 13.8 Å². The summed E-state index contributed by atoms with van der Waals surface area (Å²) in [6.07, 6.45) is 2.23. The highest BCUT2D eigenvalue weighted by Gasteiger charge is 2.17. The van der Waals surface area contributed by atoms with Crippen molar-refractivity contribution in [3.8, 4) is 0 Å². The summed E-state index contributed by atoms with van der Waals surface area (Å²) in [5.41, 5.74) is 0. The molecule has 0 atom stereocenters. The van der Waals surface area contributed by atoms with Gasteiger partial charge in [-0.1, -0.05) is 0 Å². The number of carboxylic acid groups (broad SMARTS) is 1. The van der Waals surface area contributed by atoms with Crippen LogP contribution in [0.1, 0.15) is 26.7 Å². The van der Waals surface area contributed by atoms with E-state index in [0.717, 1.165) is 0 Å². The molecule has 0 aliphatic carbocycles. The van der Waals surface area contributed by atoms with Crippen molar-refractivity contribution < 1.29 is 14.7 Å². The van der Waals surface area contributed by atoms with Gasteiger partial charge in [0.1, 0.15) is 0 Å². The van der Waals surface area contributed by atoms with Crippen LogP contribution in [0.5, 0.6) is 0 Å². The van der Waals surface area contributed by atoms with E-state index in [4.69, 9.17) is 5.11 Å². The average Bonchev–Trinajstić information content (AvgIpc) is 2.69. The fourth-order valence-corrected chi connectivity index (χ4v) is 1.66. The molecule has 0 fully saturated rings. The zero-order valence-electron chi connectivity index (χ0n) is 11.5. The summed E-state index contributed by atoms with van der Waals surface area (Å²) in [4.78, 5) is 24.1. The normalized spacial score (nSPS) is 10.5. The summed E-state index contributed by atoms with van der Waals surface area (Å²) in [5.74, 6) is -0.370. The first-order valence-corrected chi connectivity index (χ1v) is 6.19. The number of aromatic nitrogens is 2. The lowest BCUT2D eigenvalue weighted by Gasteiger charge is -2.26. The summed E-state index contributed by atoms with van der Waals surface area (Å²) in [6, 6.07) is 1.43. The number of carboxylic acids is 1. The second-order valence-electron chi connectivity index (χ2n) is 4.59. The van der Waals surface area contributed by atoms with E-state index in [-0.39, 0.29) is 18.5 Å². The number of carbonyl (C=O) groups is 2. The van der Waals surface area contributed by atoms with Crippen LogP contribution < -0.4 is 5.32 Å². The molecule has 0 saturated heterocycles. The zero-order chi connectivity index (χ0) is 14.4. The number of hydrogen-bond donors (Lipinski definition) is 2. The van der Waals surface area contributed by atoms with Gasteiger partial charge in [-0.05, 0) is 20.3 Å². The van der Waals surface area contributed by atoms with Gasteiger partial charge in [-0.25, -0.2) is 4.79 Å². The summed E-state index contributed by atoms with van der Waals surface area (Å²) in [6.45, 7) is 4.18. The Bertz CT molecular complexity index is 442. The average molecular weight is 268 g/mol. The van der Waals surface area contributed by atoms with E-state index in [2.05, 4.69) is 10.4 Å². The predicted molar refractivity (Wildman–Crippen MR) is 70.9 cm³/mol. The molecule has 0 saturated carbocycles. The van der Waals surface area contributed by atoms with Crippen LogP contribution in [0.2, 0.25) is 0 Å². The van der Waals surface area contributed by atoms with Crippen LogP contribution >= 0.6 is 0 Å². The monoisotopic (exact) mass is 268 g/mol. The Labute approximate surface area is 112 Å². The molecule has 1 rings (SSSR count). The van der Waals surface area contributed by atoms with Gasteiger partial charge in [0.05, 0.1) is 0 Å². The van der Waals surface area contributed by atoms with Crippen molar-refractivity contribution in [2.24, 2.45) is 7.05 Å².